The Labute approximate surface area is 314 Å². The van der Waals surface area contributed by atoms with E-state index in [1.54, 1.807) is 0 Å². The van der Waals surface area contributed by atoms with E-state index in [-0.39, 0.29) is 52.1 Å². The van der Waals surface area contributed by atoms with Gasteiger partial charge in [-0.1, -0.05) is 46.8 Å². The zero-order chi connectivity index (χ0) is 38.6. The molecule has 7 rings (SSSR count). The monoisotopic (exact) mass is 750 g/mol. The first-order valence-corrected chi connectivity index (χ1v) is 20.3. The van der Waals surface area contributed by atoms with Gasteiger partial charge >= 0.3 is 5.97 Å². The average molecular weight is 751 g/mol. The fraction of sp³-hybridized carbons (Fsp3) is 0.927. The van der Waals surface area contributed by atoms with Gasteiger partial charge in [-0.05, 0) is 122 Å². The molecule has 7 N–H and O–H groups in total. The zero-order valence-electron chi connectivity index (χ0n) is 32.5. The van der Waals surface area contributed by atoms with Crippen molar-refractivity contribution in [2.45, 2.75) is 167 Å². The highest BCUT2D eigenvalue weighted by Gasteiger charge is 2.72. The lowest BCUT2D eigenvalue weighted by Gasteiger charge is -2.73. The van der Waals surface area contributed by atoms with Crippen LogP contribution in [0.1, 0.15) is 106 Å². The first-order chi connectivity index (χ1) is 24.8. The number of allylic oxidation sites excluding steroid dienone is 1. The smallest absolute Gasteiger partial charge is 0.314 e. The maximum absolute atomic E-state index is 14.5. The predicted molar refractivity (Wildman–Crippen MR) is 191 cm³/mol. The summed E-state index contributed by atoms with van der Waals surface area (Å²) in [4.78, 5) is 14.5. The average Bonchev–Trinajstić information content (AvgIpc) is 3.51. The molecule has 302 valence electrons. The van der Waals surface area contributed by atoms with Crippen molar-refractivity contribution in [2.24, 2.45) is 56.7 Å². The molecule has 2 heterocycles. The lowest BCUT2D eigenvalue weighted by atomic mass is 9.32. The molecule has 0 radical (unpaired) electrons. The molecule has 12 heteroatoms. The lowest BCUT2D eigenvalue weighted by Crippen LogP contribution is -2.67. The number of aliphatic hydroxyl groups is 7. The molecule has 5 saturated carbocycles. The van der Waals surface area contributed by atoms with Crippen molar-refractivity contribution in [3.8, 4) is 0 Å². The van der Waals surface area contributed by atoms with Crippen LogP contribution in [0.5, 0.6) is 0 Å². The Hall–Kier alpha value is -1.19. The molecule has 2 aliphatic heterocycles. The summed E-state index contributed by atoms with van der Waals surface area (Å²) in [6.45, 7) is 17.9. The second-order valence-electron chi connectivity index (χ2n) is 19.7. The molecule has 0 bridgehead atoms. The molecule has 2 saturated heterocycles. The highest BCUT2D eigenvalue weighted by Crippen LogP contribution is 2.77. The summed E-state index contributed by atoms with van der Waals surface area (Å²) in [5, 5.41) is 72.3. The molecule has 5 aliphatic carbocycles. The van der Waals surface area contributed by atoms with Crippen LogP contribution in [-0.2, 0) is 23.7 Å². The molecule has 12 nitrogen and oxygen atoms in total. The minimum Gasteiger partial charge on any atom is -0.432 e. The number of carbonyl (C=O) groups excluding carboxylic acids is 1. The maximum Gasteiger partial charge on any atom is 0.314 e. The first-order valence-electron chi connectivity index (χ1n) is 20.3. The van der Waals surface area contributed by atoms with Crippen LogP contribution in [0, 0.1) is 56.7 Å². The number of aliphatic hydroxyl groups excluding tert-OH is 7. The van der Waals surface area contributed by atoms with E-state index in [2.05, 4.69) is 48.1 Å². The Balaban J connectivity index is 1.14. The molecule has 0 aromatic rings. The fourth-order valence-corrected chi connectivity index (χ4v) is 14.2. The van der Waals surface area contributed by atoms with Crippen molar-refractivity contribution < 1.29 is 59.5 Å². The van der Waals surface area contributed by atoms with Crippen LogP contribution >= 0.6 is 0 Å². The van der Waals surface area contributed by atoms with Crippen LogP contribution in [0.3, 0.4) is 0 Å². The Morgan fingerprint density at radius 3 is 2.13 bits per heavy atom. The third-order valence-corrected chi connectivity index (χ3v) is 17.2. The number of hydrogen-bond donors (Lipinski definition) is 7. The summed E-state index contributed by atoms with van der Waals surface area (Å²) in [6.07, 6.45) is -3.62. The Morgan fingerprint density at radius 2 is 1.45 bits per heavy atom. The summed E-state index contributed by atoms with van der Waals surface area (Å²) in [6, 6.07) is 0. The number of rotatable bonds is 6. The molecule has 0 aromatic heterocycles. The van der Waals surface area contributed by atoms with Gasteiger partial charge in [0.25, 0.3) is 0 Å². The molecular weight excluding hydrogens is 684 g/mol. The summed E-state index contributed by atoms with van der Waals surface area (Å²) < 4.78 is 23.8. The van der Waals surface area contributed by atoms with E-state index < -0.39 is 73.3 Å². The minimum atomic E-state index is -1.64. The van der Waals surface area contributed by atoms with Crippen molar-refractivity contribution in [3.63, 3.8) is 0 Å². The van der Waals surface area contributed by atoms with Crippen LogP contribution in [-0.4, -0.2) is 116 Å². The van der Waals surface area contributed by atoms with E-state index in [0.29, 0.717) is 24.7 Å². The standard InChI is InChI=1S/C41H66O12/c1-20(2)21-10-15-41(36(49)53-35-33(48)31(46)30(45)24(18-42)51-35)17-16-39(6)22(28(21)41)8-9-26-38(5)13-12-27(37(3,4)25(38)11-14-40(26,39)7)52-34-32(47)29(44)23(43)19-50-34/h21-35,42-48H,1,8-19H2,2-7H3/t21-,22-,23-,24+,25+,26+,27-,28+,29-,30+,31-,32+,33+,34-,35-,38-,39+,40+,41-/m0/s1. The highest BCUT2D eigenvalue weighted by molar-refractivity contribution is 5.78. The van der Waals surface area contributed by atoms with Crippen LogP contribution in [0.25, 0.3) is 0 Å². The normalized spacial score (nSPS) is 54.8. The minimum absolute atomic E-state index is 0.00339. The summed E-state index contributed by atoms with van der Waals surface area (Å²) in [7, 11) is 0. The highest BCUT2D eigenvalue weighted by atomic mass is 16.7. The van der Waals surface area contributed by atoms with E-state index >= 15 is 0 Å². The molecule has 0 unspecified atom stereocenters. The van der Waals surface area contributed by atoms with Gasteiger partial charge in [0.2, 0.25) is 6.29 Å². The van der Waals surface area contributed by atoms with Crippen LogP contribution in [0.15, 0.2) is 12.2 Å². The first kappa shape index (κ1) is 40.0. The van der Waals surface area contributed by atoms with Crippen molar-refractivity contribution in [1.82, 2.24) is 0 Å². The van der Waals surface area contributed by atoms with Crippen LogP contribution in [0.4, 0.5) is 0 Å². The van der Waals surface area contributed by atoms with Gasteiger partial charge in [0, 0.05) is 0 Å². The van der Waals surface area contributed by atoms with Gasteiger partial charge in [-0.2, -0.15) is 0 Å². The van der Waals surface area contributed by atoms with Crippen molar-refractivity contribution in [3.05, 3.63) is 12.2 Å². The fourth-order valence-electron chi connectivity index (χ4n) is 14.2. The van der Waals surface area contributed by atoms with Crippen LogP contribution in [0.2, 0.25) is 0 Å². The molecule has 53 heavy (non-hydrogen) atoms. The van der Waals surface area contributed by atoms with E-state index in [1.807, 2.05) is 0 Å². The number of hydrogen-bond acceptors (Lipinski definition) is 12. The second kappa shape index (κ2) is 13.7. The maximum atomic E-state index is 14.5. The van der Waals surface area contributed by atoms with Crippen molar-refractivity contribution >= 4 is 5.97 Å². The molecule has 7 aliphatic rings. The predicted octanol–water partition coefficient (Wildman–Crippen LogP) is 2.81. The number of esters is 1. The molecule has 19 atom stereocenters. The number of fused-ring (bicyclic) bond motifs is 7. The summed E-state index contributed by atoms with van der Waals surface area (Å²) in [5.41, 5.74) is 0.00865. The van der Waals surface area contributed by atoms with Gasteiger partial charge in [-0.25, -0.2) is 0 Å². The van der Waals surface area contributed by atoms with Gasteiger partial charge in [-0.3, -0.25) is 4.79 Å². The van der Waals surface area contributed by atoms with E-state index in [9.17, 15) is 40.5 Å². The van der Waals surface area contributed by atoms with Crippen molar-refractivity contribution in [1.29, 1.82) is 0 Å². The molecular formula is C41H66O12. The van der Waals surface area contributed by atoms with Crippen LogP contribution < -0.4 is 0 Å². The summed E-state index contributed by atoms with van der Waals surface area (Å²) in [5.74, 6) is 0.739. The van der Waals surface area contributed by atoms with Gasteiger partial charge in [-0.15, -0.1) is 0 Å². The second-order valence-corrected chi connectivity index (χ2v) is 19.7. The Morgan fingerprint density at radius 1 is 0.755 bits per heavy atom. The van der Waals surface area contributed by atoms with Gasteiger partial charge in [0.1, 0.15) is 42.7 Å². The third-order valence-electron chi connectivity index (χ3n) is 17.2. The Kier molecular flexibility index (Phi) is 10.4. The van der Waals surface area contributed by atoms with Gasteiger partial charge in [0.15, 0.2) is 6.29 Å². The number of carbonyl (C=O) groups is 1. The molecule has 0 spiro atoms. The summed E-state index contributed by atoms with van der Waals surface area (Å²) >= 11 is 0. The quantitative estimate of drug-likeness (QED) is 0.119. The van der Waals surface area contributed by atoms with Gasteiger partial charge < -0.3 is 54.7 Å². The SMILES string of the molecule is C=C(C)[C@@H]1CC[C@]2(C(=O)O[C@@H]3O[C@H](CO)[C@@H](O)[C@H](O)[C@H]3O)CC[C@]3(C)[C@@H](CC[C@@H]4[C@@]5(C)CC[C@H](O[C@@H]6OC[C@H](O)[C@H](O)[C@H]6O)C(C)(C)[C@H]5CC[C@]43C)[C@@H]12. The Bertz CT molecular complexity index is 1400. The lowest BCUT2D eigenvalue weighted by molar-refractivity contribution is -0.312. The largest absolute Gasteiger partial charge is 0.432 e. The topological polar surface area (TPSA) is 196 Å². The zero-order valence-corrected chi connectivity index (χ0v) is 32.5. The van der Waals surface area contributed by atoms with E-state index in [0.717, 1.165) is 56.9 Å². The molecule has 0 aromatic carbocycles. The third kappa shape index (κ3) is 5.77. The van der Waals surface area contributed by atoms with Crippen molar-refractivity contribution in [2.75, 3.05) is 13.2 Å². The number of ether oxygens (including phenoxy) is 4. The molecule has 0 amide bonds. The van der Waals surface area contributed by atoms with Gasteiger partial charge in [0.05, 0.1) is 24.7 Å². The van der Waals surface area contributed by atoms with E-state index in [1.165, 1.54) is 0 Å². The molecule has 7 fully saturated rings. The van der Waals surface area contributed by atoms with E-state index in [4.69, 9.17) is 18.9 Å².